The maximum atomic E-state index is 5.51. The Hall–Kier alpha value is -1.32. The van der Waals surface area contributed by atoms with Crippen molar-refractivity contribution in [1.29, 1.82) is 0 Å². The standard InChI is InChI=1S/C18H23NOS/c1-19-16(12-13-6-3-4-8-17(13)20-2)14-7-5-9-18-15(14)10-11-21-18/h3-4,6,8,10-11,14,16,19H,5,7,9,12H2,1-2H3. The second-order valence-corrected chi connectivity index (χ2v) is 6.71. The fraction of sp³-hybridized carbons (Fsp3) is 0.444. The van der Waals surface area contributed by atoms with E-state index in [2.05, 4.69) is 42.0 Å². The van der Waals surface area contributed by atoms with E-state index < -0.39 is 0 Å². The Labute approximate surface area is 131 Å². The number of thiophene rings is 1. The first kappa shape index (κ1) is 14.6. The molecule has 21 heavy (non-hydrogen) atoms. The number of hydrogen-bond acceptors (Lipinski definition) is 3. The van der Waals surface area contributed by atoms with Crippen LogP contribution in [-0.4, -0.2) is 20.2 Å². The van der Waals surface area contributed by atoms with Crippen molar-refractivity contribution in [2.45, 2.75) is 37.6 Å². The molecule has 0 spiro atoms. The van der Waals surface area contributed by atoms with Gasteiger partial charge in [0.05, 0.1) is 7.11 Å². The number of benzene rings is 1. The molecular weight excluding hydrogens is 278 g/mol. The first-order valence-corrected chi connectivity index (χ1v) is 8.57. The number of aryl methyl sites for hydroxylation is 1. The predicted octanol–water partition coefficient (Wildman–Crippen LogP) is 4.01. The van der Waals surface area contributed by atoms with Crippen molar-refractivity contribution >= 4 is 11.3 Å². The van der Waals surface area contributed by atoms with Crippen LogP contribution in [0.4, 0.5) is 0 Å². The summed E-state index contributed by atoms with van der Waals surface area (Å²) in [5.41, 5.74) is 2.86. The molecule has 1 aliphatic carbocycles. The molecule has 0 radical (unpaired) electrons. The zero-order valence-corrected chi connectivity index (χ0v) is 13.6. The highest BCUT2D eigenvalue weighted by Crippen LogP contribution is 2.38. The number of fused-ring (bicyclic) bond motifs is 1. The zero-order valence-electron chi connectivity index (χ0n) is 12.8. The minimum atomic E-state index is 0.468. The molecule has 0 bridgehead atoms. The number of rotatable bonds is 5. The maximum Gasteiger partial charge on any atom is 0.122 e. The van der Waals surface area contributed by atoms with Crippen LogP contribution in [0.15, 0.2) is 35.7 Å². The first-order chi connectivity index (χ1) is 10.3. The molecule has 0 aliphatic heterocycles. The van der Waals surface area contributed by atoms with Crippen LogP contribution in [0.1, 0.15) is 34.8 Å². The third kappa shape index (κ3) is 2.99. The smallest absolute Gasteiger partial charge is 0.122 e. The molecule has 3 heteroatoms. The lowest BCUT2D eigenvalue weighted by molar-refractivity contribution is 0.389. The van der Waals surface area contributed by atoms with Crippen molar-refractivity contribution in [2.24, 2.45) is 0 Å². The number of para-hydroxylation sites is 1. The van der Waals surface area contributed by atoms with Crippen LogP contribution in [0.2, 0.25) is 0 Å². The summed E-state index contributed by atoms with van der Waals surface area (Å²) in [5, 5.41) is 5.80. The normalized spacial score (nSPS) is 19.0. The van der Waals surface area contributed by atoms with Crippen molar-refractivity contribution in [1.82, 2.24) is 5.32 Å². The molecule has 0 amide bonds. The Morgan fingerprint density at radius 3 is 3.00 bits per heavy atom. The summed E-state index contributed by atoms with van der Waals surface area (Å²) in [4.78, 5) is 1.59. The molecule has 1 aromatic heterocycles. The van der Waals surface area contributed by atoms with Gasteiger partial charge in [0.25, 0.3) is 0 Å². The van der Waals surface area contributed by atoms with Crippen molar-refractivity contribution < 1.29 is 4.74 Å². The molecule has 1 N–H and O–H groups in total. The number of ether oxygens (including phenoxy) is 1. The summed E-state index contributed by atoms with van der Waals surface area (Å²) in [7, 11) is 3.84. The van der Waals surface area contributed by atoms with Crippen LogP contribution in [0, 0.1) is 0 Å². The average molecular weight is 301 g/mol. The molecule has 0 fully saturated rings. The number of likely N-dealkylation sites (N-methyl/N-ethyl adjacent to an activating group) is 1. The minimum absolute atomic E-state index is 0.468. The lowest BCUT2D eigenvalue weighted by atomic mass is 9.80. The third-order valence-electron chi connectivity index (χ3n) is 4.59. The topological polar surface area (TPSA) is 21.3 Å². The molecule has 0 saturated carbocycles. The number of nitrogens with one attached hydrogen (secondary N) is 1. The van der Waals surface area contributed by atoms with Gasteiger partial charge >= 0.3 is 0 Å². The minimum Gasteiger partial charge on any atom is -0.496 e. The number of hydrogen-bond donors (Lipinski definition) is 1. The van der Waals surface area contributed by atoms with Gasteiger partial charge in [-0.25, -0.2) is 0 Å². The summed E-state index contributed by atoms with van der Waals surface area (Å²) in [6.45, 7) is 0. The van der Waals surface area contributed by atoms with E-state index in [9.17, 15) is 0 Å². The van der Waals surface area contributed by atoms with Crippen molar-refractivity contribution in [2.75, 3.05) is 14.2 Å². The number of methoxy groups -OCH3 is 1. The summed E-state index contributed by atoms with van der Waals surface area (Å²) in [6, 6.07) is 11.2. The molecule has 2 nitrogen and oxygen atoms in total. The van der Waals surface area contributed by atoms with E-state index in [4.69, 9.17) is 4.74 Å². The van der Waals surface area contributed by atoms with E-state index in [0.717, 1.165) is 12.2 Å². The van der Waals surface area contributed by atoms with Gasteiger partial charge in [0, 0.05) is 16.8 Å². The fourth-order valence-corrected chi connectivity index (χ4v) is 4.49. The van der Waals surface area contributed by atoms with E-state index in [0.29, 0.717) is 12.0 Å². The van der Waals surface area contributed by atoms with E-state index in [1.165, 1.54) is 24.8 Å². The quantitative estimate of drug-likeness (QED) is 0.901. The van der Waals surface area contributed by atoms with Gasteiger partial charge in [0.1, 0.15) is 5.75 Å². The highest BCUT2D eigenvalue weighted by Gasteiger charge is 2.28. The average Bonchev–Trinajstić information content (AvgIpc) is 3.01. The van der Waals surface area contributed by atoms with Gasteiger partial charge in [-0.15, -0.1) is 11.3 Å². The Morgan fingerprint density at radius 1 is 1.33 bits per heavy atom. The van der Waals surface area contributed by atoms with Crippen molar-refractivity contribution in [3.63, 3.8) is 0 Å². The van der Waals surface area contributed by atoms with Crippen LogP contribution in [0.25, 0.3) is 0 Å². The SMILES string of the molecule is CNC(Cc1ccccc1OC)C1CCCc2sccc21. The monoisotopic (exact) mass is 301 g/mol. The largest absolute Gasteiger partial charge is 0.496 e. The van der Waals surface area contributed by atoms with E-state index in [1.54, 1.807) is 17.6 Å². The highest BCUT2D eigenvalue weighted by molar-refractivity contribution is 7.10. The van der Waals surface area contributed by atoms with Gasteiger partial charge in [-0.05, 0) is 61.4 Å². The molecule has 1 heterocycles. The van der Waals surface area contributed by atoms with Crippen molar-refractivity contribution in [3.8, 4) is 5.75 Å². The molecule has 2 aromatic rings. The summed E-state index contributed by atoms with van der Waals surface area (Å²) >= 11 is 1.92. The molecule has 2 unspecified atom stereocenters. The molecule has 2 atom stereocenters. The lowest BCUT2D eigenvalue weighted by Crippen LogP contribution is -2.35. The van der Waals surface area contributed by atoms with E-state index >= 15 is 0 Å². The second kappa shape index (κ2) is 6.63. The molecular formula is C18H23NOS. The van der Waals surface area contributed by atoms with Crippen LogP contribution >= 0.6 is 11.3 Å². The van der Waals surface area contributed by atoms with Crippen LogP contribution < -0.4 is 10.1 Å². The Kier molecular flexibility index (Phi) is 4.61. The van der Waals surface area contributed by atoms with Gasteiger partial charge in [-0.2, -0.15) is 0 Å². The van der Waals surface area contributed by atoms with Crippen molar-refractivity contribution in [3.05, 3.63) is 51.7 Å². The predicted molar refractivity (Wildman–Crippen MR) is 89.5 cm³/mol. The van der Waals surface area contributed by atoms with E-state index in [-0.39, 0.29) is 0 Å². The van der Waals surface area contributed by atoms with E-state index in [1.807, 2.05) is 17.4 Å². The molecule has 112 valence electrons. The van der Waals surface area contributed by atoms with Gasteiger partial charge < -0.3 is 10.1 Å². The van der Waals surface area contributed by atoms with Gasteiger partial charge in [0.15, 0.2) is 0 Å². The van der Waals surface area contributed by atoms with Crippen LogP contribution in [0.3, 0.4) is 0 Å². The second-order valence-electron chi connectivity index (χ2n) is 5.71. The molecule has 0 saturated heterocycles. The maximum absolute atomic E-state index is 5.51. The highest BCUT2D eigenvalue weighted by atomic mass is 32.1. The van der Waals surface area contributed by atoms with Crippen LogP contribution in [0.5, 0.6) is 5.75 Å². The fourth-order valence-electron chi connectivity index (χ4n) is 3.49. The van der Waals surface area contributed by atoms with Gasteiger partial charge in [-0.3, -0.25) is 0 Å². The summed E-state index contributed by atoms with van der Waals surface area (Å²) in [6.07, 6.45) is 4.86. The van der Waals surface area contributed by atoms with Crippen LogP contribution in [-0.2, 0) is 12.8 Å². The third-order valence-corrected chi connectivity index (χ3v) is 5.58. The Balaban J connectivity index is 1.84. The molecule has 1 aromatic carbocycles. The first-order valence-electron chi connectivity index (χ1n) is 7.69. The van der Waals surface area contributed by atoms with Gasteiger partial charge in [0.2, 0.25) is 0 Å². The lowest BCUT2D eigenvalue weighted by Gasteiger charge is -2.31. The Morgan fingerprint density at radius 2 is 2.19 bits per heavy atom. The Bertz CT molecular complexity index is 592. The molecule has 3 rings (SSSR count). The van der Waals surface area contributed by atoms with Gasteiger partial charge in [-0.1, -0.05) is 18.2 Å². The molecule has 1 aliphatic rings. The summed E-state index contributed by atoms with van der Waals surface area (Å²) in [5.74, 6) is 1.62. The summed E-state index contributed by atoms with van der Waals surface area (Å²) < 4.78 is 5.51. The zero-order chi connectivity index (χ0) is 14.7.